The number of rotatable bonds is 8. The number of esters is 1. The van der Waals surface area contributed by atoms with Crippen LogP contribution in [-0.2, 0) is 16.0 Å². The molecule has 2 heterocycles. The fraction of sp³-hybridized carbons (Fsp3) is 0.385. The van der Waals surface area contributed by atoms with Crippen molar-refractivity contribution in [3.63, 3.8) is 0 Å². The average Bonchev–Trinajstić information content (AvgIpc) is 3.43. The van der Waals surface area contributed by atoms with Gasteiger partial charge in [0.1, 0.15) is 4.88 Å². The molecule has 0 bridgehead atoms. The quantitative estimate of drug-likeness (QED) is 0.373. The Hall–Kier alpha value is -2.88. The number of thiophene rings is 1. The molecule has 1 aliphatic rings. The molecule has 5 nitrogen and oxygen atoms in total. The topological polar surface area (TPSA) is 66.8 Å². The van der Waals surface area contributed by atoms with Crippen molar-refractivity contribution in [3.05, 3.63) is 69.9 Å². The molecule has 3 atom stereocenters. The normalized spacial score (nSPS) is 17.8. The molecule has 1 N–H and O–H groups in total. The smallest absolute Gasteiger partial charge is 0.348 e. The molecule has 1 saturated heterocycles. The number of nitrogens with zero attached hydrogens (tertiary/aromatic N) is 1. The Balaban J connectivity index is 1.53. The lowest BCUT2D eigenvalue weighted by Crippen LogP contribution is -2.32. The molecule has 3 rings (SSSR count). The van der Waals surface area contributed by atoms with Crippen molar-refractivity contribution in [2.24, 2.45) is 5.92 Å². The highest BCUT2D eigenvalue weighted by atomic mass is 32.1. The molecule has 168 valence electrons. The fourth-order valence-corrected chi connectivity index (χ4v) is 4.43. The van der Waals surface area contributed by atoms with E-state index in [0.29, 0.717) is 17.8 Å². The van der Waals surface area contributed by atoms with E-state index in [9.17, 15) is 14.7 Å². The van der Waals surface area contributed by atoms with E-state index in [2.05, 4.69) is 24.0 Å². The van der Waals surface area contributed by atoms with Crippen LogP contribution in [0.5, 0.6) is 0 Å². The Kier molecular flexibility index (Phi) is 8.66. The van der Waals surface area contributed by atoms with Gasteiger partial charge >= 0.3 is 5.97 Å². The maximum atomic E-state index is 12.3. The second-order valence-corrected chi connectivity index (χ2v) is 9.05. The summed E-state index contributed by atoms with van der Waals surface area (Å²) in [7, 11) is 1.35. The van der Waals surface area contributed by atoms with Crippen molar-refractivity contribution >= 4 is 23.2 Å². The van der Waals surface area contributed by atoms with Gasteiger partial charge in [-0.1, -0.05) is 61.2 Å². The van der Waals surface area contributed by atoms with E-state index in [1.807, 2.05) is 37.3 Å². The van der Waals surface area contributed by atoms with Crippen molar-refractivity contribution in [3.8, 4) is 11.8 Å². The van der Waals surface area contributed by atoms with E-state index in [-0.39, 0.29) is 23.8 Å². The van der Waals surface area contributed by atoms with Gasteiger partial charge in [0.05, 0.1) is 30.7 Å². The number of aliphatic hydroxyl groups excluding tert-OH is 1. The molecule has 0 spiro atoms. The fourth-order valence-electron chi connectivity index (χ4n) is 3.63. The predicted molar refractivity (Wildman–Crippen MR) is 126 cm³/mol. The lowest BCUT2D eigenvalue weighted by molar-refractivity contribution is -0.127. The summed E-state index contributed by atoms with van der Waals surface area (Å²) in [4.78, 5) is 26.9. The van der Waals surface area contributed by atoms with E-state index in [1.54, 1.807) is 17.0 Å². The highest BCUT2D eigenvalue weighted by Gasteiger charge is 2.28. The molecule has 1 aromatic heterocycles. The Bertz CT molecular complexity index is 1000. The molecule has 0 unspecified atom stereocenters. The van der Waals surface area contributed by atoms with Crippen LogP contribution in [0.25, 0.3) is 0 Å². The summed E-state index contributed by atoms with van der Waals surface area (Å²) in [5.74, 6) is 5.88. The third-order valence-corrected chi connectivity index (χ3v) is 6.65. The molecular weight excluding hydrogens is 422 g/mol. The number of methoxy groups -OCH3 is 1. The number of benzene rings is 1. The van der Waals surface area contributed by atoms with Gasteiger partial charge in [0.2, 0.25) is 5.91 Å². The first-order valence-electron chi connectivity index (χ1n) is 10.8. The first-order chi connectivity index (χ1) is 15.5. The van der Waals surface area contributed by atoms with Crippen molar-refractivity contribution in [1.29, 1.82) is 0 Å². The molecule has 6 heteroatoms. The largest absolute Gasteiger partial charge is 0.465 e. The SMILES string of the molecule is COC(=O)c1ccc(C#CCN2C(=O)CC[C@@H]2C=C[C@@H](O)[C@@H](C)CCc2ccccc2)s1. The number of hydrogen-bond acceptors (Lipinski definition) is 5. The third kappa shape index (κ3) is 6.56. The standard InChI is InChI=1S/C26H29NO4S/c1-19(10-11-20-7-4-3-5-8-20)23(28)15-12-21-13-17-25(29)27(21)18-6-9-22-14-16-24(32-22)26(30)31-2/h3-5,7-8,12,14-16,19,21,23,28H,10-11,13,17-18H2,1-2H3/t19-,21-,23+/m0/s1. The van der Waals surface area contributed by atoms with Crippen LogP contribution >= 0.6 is 11.3 Å². The zero-order valence-electron chi connectivity index (χ0n) is 18.5. The second kappa shape index (κ2) is 11.7. The number of likely N-dealkylation sites (tertiary alicyclic amines) is 1. The van der Waals surface area contributed by atoms with Gasteiger partial charge < -0.3 is 14.7 Å². The lowest BCUT2D eigenvalue weighted by Gasteiger charge is -2.21. The summed E-state index contributed by atoms with van der Waals surface area (Å²) in [6.07, 6.45) is 6.25. The summed E-state index contributed by atoms with van der Waals surface area (Å²) in [6, 6.07) is 13.7. The number of carbonyl (C=O) groups excluding carboxylic acids is 2. The highest BCUT2D eigenvalue weighted by molar-refractivity contribution is 7.14. The minimum Gasteiger partial charge on any atom is -0.465 e. The Morgan fingerprint density at radius 2 is 2.09 bits per heavy atom. The highest BCUT2D eigenvalue weighted by Crippen LogP contribution is 2.21. The zero-order chi connectivity index (χ0) is 22.9. The van der Waals surface area contributed by atoms with Crippen LogP contribution in [-0.4, -0.2) is 47.7 Å². The van der Waals surface area contributed by atoms with Gasteiger partial charge in [0.15, 0.2) is 0 Å². The van der Waals surface area contributed by atoms with E-state index in [1.165, 1.54) is 24.0 Å². The van der Waals surface area contributed by atoms with Gasteiger partial charge in [-0.25, -0.2) is 4.79 Å². The van der Waals surface area contributed by atoms with E-state index < -0.39 is 6.10 Å². The molecule has 2 aromatic rings. The lowest BCUT2D eigenvalue weighted by atomic mass is 9.95. The first-order valence-corrected chi connectivity index (χ1v) is 11.7. The Morgan fingerprint density at radius 3 is 2.84 bits per heavy atom. The van der Waals surface area contributed by atoms with Crippen molar-refractivity contribution in [2.75, 3.05) is 13.7 Å². The van der Waals surface area contributed by atoms with Gasteiger partial charge in [0, 0.05) is 6.42 Å². The second-order valence-electron chi connectivity index (χ2n) is 7.96. The molecule has 1 fully saturated rings. The first kappa shape index (κ1) is 23.8. The van der Waals surface area contributed by atoms with Crippen molar-refractivity contribution in [2.45, 2.75) is 44.8 Å². The number of hydrogen-bond donors (Lipinski definition) is 1. The molecular formula is C26H29NO4S. The van der Waals surface area contributed by atoms with E-state index in [4.69, 9.17) is 4.74 Å². The maximum absolute atomic E-state index is 12.3. The van der Waals surface area contributed by atoms with Crippen LogP contribution < -0.4 is 0 Å². The molecule has 0 radical (unpaired) electrons. The molecule has 0 saturated carbocycles. The molecule has 1 aromatic carbocycles. The van der Waals surface area contributed by atoms with E-state index in [0.717, 1.165) is 24.1 Å². The van der Waals surface area contributed by atoms with Gasteiger partial charge in [-0.05, 0) is 42.9 Å². The summed E-state index contributed by atoms with van der Waals surface area (Å²) >= 11 is 1.27. The number of aryl methyl sites for hydroxylation is 1. The van der Waals surface area contributed by atoms with Crippen LogP contribution in [0.15, 0.2) is 54.6 Å². The van der Waals surface area contributed by atoms with Crippen molar-refractivity contribution < 1.29 is 19.4 Å². The minimum atomic E-state index is -0.551. The zero-order valence-corrected chi connectivity index (χ0v) is 19.3. The van der Waals surface area contributed by atoms with Crippen LogP contribution in [0.1, 0.15) is 46.3 Å². The van der Waals surface area contributed by atoms with Crippen LogP contribution in [0, 0.1) is 17.8 Å². The Morgan fingerprint density at radius 1 is 1.31 bits per heavy atom. The van der Waals surface area contributed by atoms with Crippen LogP contribution in [0.4, 0.5) is 0 Å². The molecule has 0 aliphatic carbocycles. The predicted octanol–water partition coefficient (Wildman–Crippen LogP) is 4.06. The summed E-state index contributed by atoms with van der Waals surface area (Å²) < 4.78 is 4.71. The minimum absolute atomic E-state index is 0.0539. The molecule has 32 heavy (non-hydrogen) atoms. The third-order valence-electron chi connectivity index (χ3n) is 5.67. The van der Waals surface area contributed by atoms with Gasteiger partial charge in [-0.2, -0.15) is 0 Å². The average molecular weight is 452 g/mol. The van der Waals surface area contributed by atoms with Crippen LogP contribution in [0.3, 0.4) is 0 Å². The number of amides is 1. The summed E-state index contributed by atoms with van der Waals surface area (Å²) in [5.41, 5.74) is 1.27. The maximum Gasteiger partial charge on any atom is 0.348 e. The summed E-state index contributed by atoms with van der Waals surface area (Å²) in [6.45, 7) is 2.36. The molecule has 1 amide bonds. The number of aliphatic hydroxyl groups is 1. The Labute approximate surface area is 193 Å². The van der Waals surface area contributed by atoms with Gasteiger partial charge in [-0.3, -0.25) is 4.79 Å². The monoisotopic (exact) mass is 451 g/mol. The van der Waals surface area contributed by atoms with Crippen molar-refractivity contribution in [1.82, 2.24) is 4.90 Å². The van der Waals surface area contributed by atoms with E-state index >= 15 is 0 Å². The molecule has 1 aliphatic heterocycles. The summed E-state index contributed by atoms with van der Waals surface area (Å²) in [5, 5.41) is 10.5. The van der Waals surface area contributed by atoms with Crippen LogP contribution in [0.2, 0.25) is 0 Å². The van der Waals surface area contributed by atoms with Gasteiger partial charge in [-0.15, -0.1) is 11.3 Å². The van der Waals surface area contributed by atoms with Gasteiger partial charge in [0.25, 0.3) is 0 Å². The number of carbonyl (C=O) groups is 2. The number of ether oxygens (including phenoxy) is 1.